The van der Waals surface area contributed by atoms with Crippen molar-refractivity contribution in [1.29, 1.82) is 0 Å². The first kappa shape index (κ1) is 30.7. The summed E-state index contributed by atoms with van der Waals surface area (Å²) in [5.74, 6) is -0.152. The summed E-state index contributed by atoms with van der Waals surface area (Å²) in [5, 5.41) is 10.0. The van der Waals surface area contributed by atoms with E-state index in [9.17, 15) is 18.3 Å². The molecule has 0 saturated heterocycles. The zero-order valence-electron chi connectivity index (χ0n) is 24.8. The van der Waals surface area contributed by atoms with Crippen molar-refractivity contribution >= 4 is 32.7 Å². The number of hydrogen-bond acceptors (Lipinski definition) is 6. The average Bonchev–Trinajstić information content (AvgIpc) is 3.42. The third-order valence-electron chi connectivity index (χ3n) is 7.12. The maximum Gasteiger partial charge on any atom is 0.307 e. The SMILES string of the molecule is CC(C)(C)S(=O)(=O)N=C(c1ccccc1)c1cc2cc(COc3ccccc3CC(=O)O)cc(-c3cccc(CN)c3)c2o1. The predicted molar refractivity (Wildman–Crippen MR) is 172 cm³/mol. The van der Waals surface area contributed by atoms with E-state index < -0.39 is 20.7 Å². The second kappa shape index (κ2) is 12.5. The van der Waals surface area contributed by atoms with Gasteiger partial charge in [0.15, 0.2) is 5.76 Å². The molecule has 0 fully saturated rings. The van der Waals surface area contributed by atoms with E-state index in [2.05, 4.69) is 4.40 Å². The highest BCUT2D eigenvalue weighted by Crippen LogP contribution is 2.35. The molecule has 9 heteroatoms. The first-order chi connectivity index (χ1) is 20.9. The number of carbonyl (C=O) groups is 1. The molecule has 8 nitrogen and oxygen atoms in total. The molecule has 1 heterocycles. The van der Waals surface area contributed by atoms with E-state index in [0.29, 0.717) is 34.8 Å². The molecule has 0 amide bonds. The number of para-hydroxylation sites is 1. The molecular weight excluding hydrogens is 576 g/mol. The van der Waals surface area contributed by atoms with Crippen molar-refractivity contribution < 1.29 is 27.5 Å². The van der Waals surface area contributed by atoms with E-state index in [1.807, 2.05) is 54.6 Å². The molecule has 0 aliphatic carbocycles. The molecule has 0 spiro atoms. The van der Waals surface area contributed by atoms with Gasteiger partial charge in [-0.2, -0.15) is 4.40 Å². The van der Waals surface area contributed by atoms with Crippen LogP contribution in [0.5, 0.6) is 5.75 Å². The number of benzene rings is 4. The summed E-state index contributed by atoms with van der Waals surface area (Å²) in [5.41, 5.74) is 11.3. The molecule has 0 radical (unpaired) electrons. The Labute approximate surface area is 256 Å². The maximum absolute atomic E-state index is 13.3. The minimum atomic E-state index is -3.91. The van der Waals surface area contributed by atoms with Crippen LogP contribution in [-0.2, 0) is 34.4 Å². The molecule has 0 bridgehead atoms. The Kier molecular flexibility index (Phi) is 8.71. The lowest BCUT2D eigenvalue weighted by molar-refractivity contribution is -0.136. The smallest absolute Gasteiger partial charge is 0.307 e. The molecule has 0 atom stereocenters. The summed E-state index contributed by atoms with van der Waals surface area (Å²) in [7, 11) is -3.91. The average molecular weight is 611 g/mol. The highest BCUT2D eigenvalue weighted by Gasteiger charge is 2.30. The summed E-state index contributed by atoms with van der Waals surface area (Å²) in [6.45, 7) is 5.34. The second-order valence-corrected chi connectivity index (χ2v) is 13.8. The van der Waals surface area contributed by atoms with E-state index in [1.54, 1.807) is 63.2 Å². The topological polar surface area (TPSA) is 132 Å². The van der Waals surface area contributed by atoms with Crippen molar-refractivity contribution in [2.45, 2.75) is 45.1 Å². The Morgan fingerprint density at radius 2 is 1.64 bits per heavy atom. The highest BCUT2D eigenvalue weighted by molar-refractivity contribution is 7.91. The van der Waals surface area contributed by atoms with Gasteiger partial charge in [0, 0.05) is 28.6 Å². The van der Waals surface area contributed by atoms with Crippen LogP contribution in [0.25, 0.3) is 22.1 Å². The standard InChI is InChI=1S/C35H34N2O6S/c1-35(2,3)44(40,41)37-33(25-11-5-4-6-12-25)31-19-28-17-24(22-42-30-15-8-7-13-27(30)20-32(38)39)18-29(34(28)43-31)26-14-9-10-23(16-26)21-36/h4-19H,20-22,36H2,1-3H3,(H,38,39). The number of nitrogens with zero attached hydrogens (tertiary/aromatic N) is 1. The van der Waals surface area contributed by atoms with Crippen LogP contribution in [0.2, 0.25) is 0 Å². The third kappa shape index (κ3) is 6.74. The van der Waals surface area contributed by atoms with Gasteiger partial charge in [0.25, 0.3) is 10.0 Å². The van der Waals surface area contributed by atoms with Crippen molar-refractivity contribution in [3.8, 4) is 16.9 Å². The largest absolute Gasteiger partial charge is 0.489 e. The number of hydrogen-bond donors (Lipinski definition) is 2. The summed E-state index contributed by atoms with van der Waals surface area (Å²) in [6, 6.07) is 29.6. The minimum absolute atomic E-state index is 0.156. The van der Waals surface area contributed by atoms with Crippen molar-refractivity contribution in [1.82, 2.24) is 0 Å². The Balaban J connectivity index is 1.66. The highest BCUT2D eigenvalue weighted by atomic mass is 32.2. The summed E-state index contributed by atoms with van der Waals surface area (Å²) in [4.78, 5) is 11.4. The van der Waals surface area contributed by atoms with E-state index in [0.717, 1.165) is 27.6 Å². The van der Waals surface area contributed by atoms with Gasteiger partial charge in [-0.3, -0.25) is 4.79 Å². The van der Waals surface area contributed by atoms with Gasteiger partial charge in [0.1, 0.15) is 23.7 Å². The summed E-state index contributed by atoms with van der Waals surface area (Å²) in [6.07, 6.45) is -0.156. The van der Waals surface area contributed by atoms with Crippen LogP contribution in [-0.4, -0.2) is 30.0 Å². The van der Waals surface area contributed by atoms with Crippen LogP contribution < -0.4 is 10.5 Å². The van der Waals surface area contributed by atoms with Gasteiger partial charge in [-0.15, -0.1) is 0 Å². The number of sulfonamides is 1. The lowest BCUT2D eigenvalue weighted by atomic mass is 9.98. The fourth-order valence-electron chi connectivity index (χ4n) is 4.70. The van der Waals surface area contributed by atoms with Crippen LogP contribution in [0, 0.1) is 0 Å². The second-order valence-electron chi connectivity index (χ2n) is 11.4. The Hall–Kier alpha value is -4.73. The molecule has 0 aliphatic heterocycles. The van der Waals surface area contributed by atoms with Gasteiger partial charge in [-0.1, -0.05) is 66.7 Å². The normalized spacial score (nSPS) is 12.4. The van der Waals surface area contributed by atoms with Gasteiger partial charge in [-0.05, 0) is 67.8 Å². The number of carboxylic acid groups (broad SMARTS) is 1. The Morgan fingerprint density at radius 1 is 0.909 bits per heavy atom. The number of nitrogens with two attached hydrogens (primary N) is 1. The zero-order valence-corrected chi connectivity index (χ0v) is 25.6. The molecule has 226 valence electrons. The number of ether oxygens (including phenoxy) is 1. The molecule has 0 saturated carbocycles. The van der Waals surface area contributed by atoms with Gasteiger partial charge >= 0.3 is 5.97 Å². The number of aliphatic carboxylic acids is 1. The quantitative estimate of drug-likeness (QED) is 0.168. The van der Waals surface area contributed by atoms with Crippen molar-refractivity contribution in [3.63, 3.8) is 0 Å². The molecule has 5 aromatic rings. The van der Waals surface area contributed by atoms with Crippen LogP contribution in [0.4, 0.5) is 0 Å². The molecule has 5 rings (SSSR count). The maximum atomic E-state index is 13.3. The minimum Gasteiger partial charge on any atom is -0.489 e. The molecule has 3 N–H and O–H groups in total. The monoisotopic (exact) mass is 610 g/mol. The van der Waals surface area contributed by atoms with E-state index in [-0.39, 0.29) is 18.7 Å². The fraction of sp³-hybridized carbons (Fsp3) is 0.200. The van der Waals surface area contributed by atoms with E-state index in [1.165, 1.54) is 0 Å². The predicted octanol–water partition coefficient (Wildman–Crippen LogP) is 6.73. The van der Waals surface area contributed by atoms with Crippen LogP contribution in [0.1, 0.15) is 48.8 Å². The number of rotatable bonds is 10. The molecule has 1 aromatic heterocycles. The van der Waals surface area contributed by atoms with Crippen LogP contribution in [0.3, 0.4) is 0 Å². The summed E-state index contributed by atoms with van der Waals surface area (Å²) < 4.78 is 42.2. The first-order valence-electron chi connectivity index (χ1n) is 14.1. The van der Waals surface area contributed by atoms with Crippen LogP contribution >= 0.6 is 0 Å². The Morgan fingerprint density at radius 3 is 2.34 bits per heavy atom. The van der Waals surface area contributed by atoms with Crippen molar-refractivity contribution in [2.24, 2.45) is 10.1 Å². The van der Waals surface area contributed by atoms with E-state index in [4.69, 9.17) is 14.9 Å². The van der Waals surface area contributed by atoms with Crippen molar-refractivity contribution in [3.05, 3.63) is 125 Å². The molecule has 0 unspecified atom stereocenters. The van der Waals surface area contributed by atoms with Gasteiger partial charge in [-0.25, -0.2) is 8.42 Å². The van der Waals surface area contributed by atoms with Gasteiger partial charge < -0.3 is 20.0 Å². The first-order valence-corrected chi connectivity index (χ1v) is 15.6. The number of fused-ring (bicyclic) bond motifs is 1. The lowest BCUT2D eigenvalue weighted by Gasteiger charge is -2.16. The Bertz CT molecular complexity index is 1950. The molecular formula is C35H34N2O6S. The number of carboxylic acids is 1. The van der Waals surface area contributed by atoms with E-state index >= 15 is 0 Å². The van der Waals surface area contributed by atoms with Gasteiger partial charge in [0.2, 0.25) is 0 Å². The fourth-order valence-corrected chi connectivity index (χ4v) is 5.41. The van der Waals surface area contributed by atoms with Gasteiger partial charge in [0.05, 0.1) is 11.2 Å². The molecule has 44 heavy (non-hydrogen) atoms. The lowest BCUT2D eigenvalue weighted by Crippen LogP contribution is -2.27. The number of furan rings is 1. The molecule has 0 aliphatic rings. The molecule has 4 aromatic carbocycles. The zero-order chi connectivity index (χ0) is 31.5. The third-order valence-corrected chi connectivity index (χ3v) is 9.09. The van der Waals surface area contributed by atoms with Crippen molar-refractivity contribution in [2.75, 3.05) is 0 Å². The van der Waals surface area contributed by atoms with Crippen LogP contribution in [0.15, 0.2) is 106 Å². The summed E-state index contributed by atoms with van der Waals surface area (Å²) >= 11 is 0.